The average Bonchev–Trinajstić information content (AvgIpc) is 3.23. The van der Waals surface area contributed by atoms with Crippen molar-refractivity contribution in [2.24, 2.45) is 0 Å². The molecule has 0 atom stereocenters. The van der Waals surface area contributed by atoms with Crippen LogP contribution in [0.1, 0.15) is 15.2 Å². The molecule has 180 valence electrons. The number of methoxy groups -OCH3 is 1. The van der Waals surface area contributed by atoms with E-state index in [0.29, 0.717) is 10.6 Å². The Hall–Kier alpha value is -3.43. The quantitative estimate of drug-likeness (QED) is 0.388. The first-order chi connectivity index (χ1) is 17.0. The average molecular weight is 512 g/mol. The maximum Gasteiger partial charge on any atom is 0.266 e. The Morgan fingerprint density at radius 3 is 2.60 bits per heavy atom. The number of nitrogens with zero attached hydrogens (tertiary/aromatic N) is 4. The fraction of sp³-hybridized carbons (Fsp3) is 0.240. The first kappa shape index (κ1) is 23.3. The van der Waals surface area contributed by atoms with E-state index in [0.717, 1.165) is 59.2 Å². The Bertz CT molecular complexity index is 1400. The third-order valence-corrected chi connectivity index (χ3v) is 7.58. The molecule has 2 aromatic heterocycles. The Labute approximate surface area is 211 Å². The van der Waals surface area contributed by atoms with Crippen LogP contribution in [0.15, 0.2) is 48.8 Å². The van der Waals surface area contributed by atoms with E-state index < -0.39 is 5.82 Å². The molecular weight excluding hydrogens is 489 g/mol. The zero-order chi connectivity index (χ0) is 24.5. The van der Waals surface area contributed by atoms with Gasteiger partial charge in [0.25, 0.3) is 5.91 Å². The highest BCUT2D eigenvalue weighted by molar-refractivity contribution is 7.20. The Morgan fingerprint density at radius 2 is 1.86 bits per heavy atom. The molecule has 0 aliphatic carbocycles. The number of carbonyl (C=O) groups is 1. The van der Waals surface area contributed by atoms with Crippen LogP contribution in [0.2, 0.25) is 5.02 Å². The van der Waals surface area contributed by atoms with Crippen molar-refractivity contribution in [2.45, 2.75) is 6.92 Å². The summed E-state index contributed by atoms with van der Waals surface area (Å²) < 4.78 is 19.0. The van der Waals surface area contributed by atoms with E-state index in [4.69, 9.17) is 16.3 Å². The number of fused-ring (bicyclic) bond motifs is 1. The van der Waals surface area contributed by atoms with Crippen LogP contribution >= 0.6 is 22.9 Å². The minimum Gasteiger partial charge on any atom is -0.495 e. The molecular formula is C25H23ClFN5O2S. The minimum absolute atomic E-state index is 0.0451. The predicted molar refractivity (Wildman–Crippen MR) is 139 cm³/mol. The summed E-state index contributed by atoms with van der Waals surface area (Å²) in [7, 11) is 1.68. The summed E-state index contributed by atoms with van der Waals surface area (Å²) >= 11 is 7.17. The molecule has 3 heterocycles. The van der Waals surface area contributed by atoms with Crippen molar-refractivity contribution in [1.82, 2.24) is 9.97 Å². The Balaban J connectivity index is 1.38. The highest BCUT2D eigenvalue weighted by atomic mass is 35.5. The van der Waals surface area contributed by atoms with Crippen LogP contribution in [0.3, 0.4) is 0 Å². The van der Waals surface area contributed by atoms with Crippen LogP contribution in [0, 0.1) is 12.7 Å². The van der Waals surface area contributed by atoms with Gasteiger partial charge in [-0.05, 0) is 42.8 Å². The molecule has 0 bridgehead atoms. The lowest BCUT2D eigenvalue weighted by Gasteiger charge is -2.37. The normalized spacial score (nSPS) is 13.8. The fourth-order valence-electron chi connectivity index (χ4n) is 4.32. The summed E-state index contributed by atoms with van der Waals surface area (Å²) in [6.45, 7) is 5.08. The molecule has 1 amide bonds. The molecule has 1 N–H and O–H groups in total. The number of carbonyl (C=O) groups excluding carboxylic acids is 1. The number of hydrogen-bond acceptors (Lipinski definition) is 7. The number of nitrogens with one attached hydrogen (secondary N) is 1. The number of amides is 1. The predicted octanol–water partition coefficient (Wildman–Crippen LogP) is 5.38. The van der Waals surface area contributed by atoms with Gasteiger partial charge in [-0.3, -0.25) is 4.79 Å². The standard InChI is InChI=1S/C25H23ClFN5O2S/c1-15-21-23(32-11-9-31(10-12-32)19-5-3-4-6-20(19)34-2)28-14-29-25(21)35-22(15)24(33)30-16-7-8-18(27)17(26)13-16/h3-8,13-14H,9-12H2,1-2H3,(H,30,33). The van der Waals surface area contributed by atoms with Crippen molar-refractivity contribution >= 4 is 56.3 Å². The summed E-state index contributed by atoms with van der Waals surface area (Å²) in [5.41, 5.74) is 2.32. The van der Waals surface area contributed by atoms with E-state index in [2.05, 4.69) is 31.2 Å². The van der Waals surface area contributed by atoms with E-state index >= 15 is 0 Å². The largest absolute Gasteiger partial charge is 0.495 e. The van der Waals surface area contributed by atoms with Crippen molar-refractivity contribution in [3.63, 3.8) is 0 Å². The molecule has 0 saturated carbocycles. The summed E-state index contributed by atoms with van der Waals surface area (Å²) in [4.78, 5) is 27.9. The summed E-state index contributed by atoms with van der Waals surface area (Å²) in [6, 6.07) is 12.1. The number of thiophene rings is 1. The number of benzene rings is 2. The molecule has 7 nitrogen and oxygen atoms in total. The van der Waals surface area contributed by atoms with Crippen molar-refractivity contribution in [1.29, 1.82) is 0 Å². The van der Waals surface area contributed by atoms with Crippen LogP contribution in [-0.2, 0) is 0 Å². The number of ether oxygens (including phenoxy) is 1. The third-order valence-electron chi connectivity index (χ3n) is 6.10. The monoisotopic (exact) mass is 511 g/mol. The van der Waals surface area contributed by atoms with Gasteiger partial charge in [0.15, 0.2) is 0 Å². The van der Waals surface area contributed by atoms with E-state index in [-0.39, 0.29) is 10.9 Å². The molecule has 1 fully saturated rings. The molecule has 2 aromatic carbocycles. The van der Waals surface area contributed by atoms with E-state index in [1.807, 2.05) is 25.1 Å². The maximum absolute atomic E-state index is 13.5. The minimum atomic E-state index is -0.534. The van der Waals surface area contributed by atoms with E-state index in [1.54, 1.807) is 13.4 Å². The second kappa shape index (κ2) is 9.67. The van der Waals surface area contributed by atoms with Crippen LogP contribution in [0.5, 0.6) is 5.75 Å². The van der Waals surface area contributed by atoms with Gasteiger partial charge in [-0.15, -0.1) is 11.3 Å². The van der Waals surface area contributed by atoms with Crippen LogP contribution in [0.4, 0.5) is 21.6 Å². The summed E-state index contributed by atoms with van der Waals surface area (Å²) in [5.74, 6) is 0.859. The highest BCUT2D eigenvalue weighted by Crippen LogP contribution is 2.36. The number of anilines is 3. The van der Waals surface area contributed by atoms with Crippen LogP contribution in [-0.4, -0.2) is 49.2 Å². The summed E-state index contributed by atoms with van der Waals surface area (Å²) in [5, 5.41) is 3.64. The summed E-state index contributed by atoms with van der Waals surface area (Å²) in [6.07, 6.45) is 1.54. The van der Waals surface area contributed by atoms with Gasteiger partial charge in [0.05, 0.1) is 28.1 Å². The molecule has 35 heavy (non-hydrogen) atoms. The van der Waals surface area contributed by atoms with Crippen molar-refractivity contribution in [3.05, 3.63) is 70.1 Å². The van der Waals surface area contributed by atoms with Gasteiger partial charge in [0.1, 0.15) is 28.5 Å². The lowest BCUT2D eigenvalue weighted by molar-refractivity contribution is 0.103. The van der Waals surface area contributed by atoms with Gasteiger partial charge in [-0.25, -0.2) is 14.4 Å². The topological polar surface area (TPSA) is 70.6 Å². The number of rotatable bonds is 5. The number of para-hydroxylation sites is 2. The zero-order valence-electron chi connectivity index (χ0n) is 19.2. The molecule has 1 saturated heterocycles. The van der Waals surface area contributed by atoms with Gasteiger partial charge < -0.3 is 19.9 Å². The molecule has 1 aliphatic heterocycles. The number of hydrogen-bond donors (Lipinski definition) is 1. The molecule has 0 spiro atoms. The van der Waals surface area contributed by atoms with Crippen molar-refractivity contribution < 1.29 is 13.9 Å². The lowest BCUT2D eigenvalue weighted by Crippen LogP contribution is -2.47. The smallest absolute Gasteiger partial charge is 0.266 e. The lowest BCUT2D eigenvalue weighted by atomic mass is 10.1. The van der Waals surface area contributed by atoms with Crippen molar-refractivity contribution in [2.75, 3.05) is 48.4 Å². The molecule has 0 unspecified atom stereocenters. The number of aromatic nitrogens is 2. The first-order valence-corrected chi connectivity index (χ1v) is 12.3. The van der Waals surface area contributed by atoms with Crippen LogP contribution < -0.4 is 19.9 Å². The van der Waals surface area contributed by atoms with Gasteiger partial charge in [0, 0.05) is 31.9 Å². The number of piperazine rings is 1. The molecule has 4 aromatic rings. The molecule has 0 radical (unpaired) electrons. The second-order valence-electron chi connectivity index (χ2n) is 8.16. The Kier molecular flexibility index (Phi) is 6.44. The maximum atomic E-state index is 13.5. The molecule has 5 rings (SSSR count). The highest BCUT2D eigenvalue weighted by Gasteiger charge is 2.25. The molecule has 1 aliphatic rings. The van der Waals surface area contributed by atoms with E-state index in [9.17, 15) is 9.18 Å². The van der Waals surface area contributed by atoms with Gasteiger partial charge in [-0.1, -0.05) is 23.7 Å². The van der Waals surface area contributed by atoms with Crippen molar-refractivity contribution in [3.8, 4) is 5.75 Å². The second-order valence-corrected chi connectivity index (χ2v) is 9.57. The third kappa shape index (κ3) is 4.49. The van der Waals surface area contributed by atoms with Gasteiger partial charge in [0.2, 0.25) is 0 Å². The zero-order valence-corrected chi connectivity index (χ0v) is 20.8. The van der Waals surface area contributed by atoms with E-state index in [1.165, 1.54) is 29.5 Å². The molecule has 10 heteroatoms. The number of aryl methyl sites for hydroxylation is 1. The SMILES string of the molecule is COc1ccccc1N1CCN(c2ncnc3sc(C(=O)Nc4ccc(F)c(Cl)c4)c(C)c23)CC1. The number of halogens is 2. The first-order valence-electron chi connectivity index (χ1n) is 11.1. The fourth-order valence-corrected chi connectivity index (χ4v) is 5.54. The van der Waals surface area contributed by atoms with Crippen LogP contribution in [0.25, 0.3) is 10.2 Å². The van der Waals surface area contributed by atoms with Gasteiger partial charge in [-0.2, -0.15) is 0 Å². The Morgan fingerprint density at radius 1 is 1.11 bits per heavy atom. The van der Waals surface area contributed by atoms with Gasteiger partial charge >= 0.3 is 0 Å².